The smallest absolute Gasteiger partial charge is 0.381 e. The summed E-state index contributed by atoms with van der Waals surface area (Å²) in [7, 11) is 0. The lowest BCUT2D eigenvalue weighted by molar-refractivity contribution is -0.298. The van der Waals surface area contributed by atoms with Crippen molar-refractivity contribution in [2.75, 3.05) is 13.2 Å². The summed E-state index contributed by atoms with van der Waals surface area (Å²) in [5.41, 5.74) is 1.04. The van der Waals surface area contributed by atoms with Gasteiger partial charge in [-0.15, -0.1) is 0 Å². The first-order valence-electron chi connectivity index (χ1n) is 6.46. The Hall–Kier alpha value is -0.980. The van der Waals surface area contributed by atoms with E-state index in [1.54, 1.807) is 10.8 Å². The molecule has 5 nitrogen and oxygen atoms in total. The van der Waals surface area contributed by atoms with E-state index in [2.05, 4.69) is 25.9 Å². The summed E-state index contributed by atoms with van der Waals surface area (Å²) < 4.78 is 7.89. The number of pyridine rings is 1. The molecule has 3 heterocycles. The predicted octanol–water partition coefficient (Wildman–Crippen LogP) is 1.68. The second-order valence-electron chi connectivity index (χ2n) is 4.88. The van der Waals surface area contributed by atoms with Crippen LogP contribution in [0.2, 0.25) is 5.15 Å². The first-order chi connectivity index (χ1) is 9.65. The molecule has 0 radical (unpaired) electrons. The van der Waals surface area contributed by atoms with Gasteiger partial charge >= 0.3 is 10.7 Å². The Morgan fingerprint density at radius 2 is 2.20 bits per heavy atom. The van der Waals surface area contributed by atoms with E-state index in [1.165, 1.54) is 0 Å². The topological polar surface area (TPSA) is 57.0 Å². The molecule has 1 aliphatic rings. The van der Waals surface area contributed by atoms with E-state index in [9.17, 15) is 4.79 Å². The number of fused-ring (bicyclic) bond motifs is 1. The maximum Gasteiger partial charge on any atom is 0.385 e. The fourth-order valence-electron chi connectivity index (χ4n) is 2.44. The van der Waals surface area contributed by atoms with E-state index in [4.69, 9.17) is 16.3 Å². The van der Waals surface area contributed by atoms with Crippen molar-refractivity contribution >= 4 is 27.1 Å². The van der Waals surface area contributed by atoms with Gasteiger partial charge in [0.05, 0.1) is 5.52 Å². The lowest BCUT2D eigenvalue weighted by Gasteiger charge is -2.23. The van der Waals surface area contributed by atoms with Gasteiger partial charge in [0.15, 0.2) is 17.2 Å². The van der Waals surface area contributed by atoms with Gasteiger partial charge in [-0.05, 0) is 40.8 Å². The molecule has 1 saturated heterocycles. The molecule has 1 fully saturated rings. The van der Waals surface area contributed by atoms with Crippen molar-refractivity contribution in [3.63, 3.8) is 0 Å². The van der Waals surface area contributed by atoms with Crippen LogP contribution in [0.5, 0.6) is 0 Å². The standard InChI is InChI=1S/C13H14BrClN3O2/c14-9-5-10-12(16-6-9)17-11(15)13(19)18(10)7-8-1-3-20-4-2-8/h5-6,8,15H,1-4,7H2/q+1. The van der Waals surface area contributed by atoms with Gasteiger partial charge in [-0.3, -0.25) is 9.36 Å². The van der Waals surface area contributed by atoms with Crippen molar-refractivity contribution in [2.24, 2.45) is 5.92 Å². The molecule has 106 valence electrons. The highest BCUT2D eigenvalue weighted by atomic mass is 79.9. The molecule has 0 aromatic carbocycles. The highest BCUT2D eigenvalue weighted by Gasteiger charge is 2.20. The molecule has 0 amide bonds. The predicted molar refractivity (Wildman–Crippen MR) is 75.6 cm³/mol. The van der Waals surface area contributed by atoms with Crippen LogP contribution >= 0.6 is 15.9 Å². The summed E-state index contributed by atoms with van der Waals surface area (Å²) in [6.07, 6.45) is 3.59. The molecular formula is C13H14BrClN3O2+. The van der Waals surface area contributed by atoms with Crippen LogP contribution in [0.25, 0.3) is 11.2 Å². The Morgan fingerprint density at radius 1 is 1.45 bits per heavy atom. The Morgan fingerprint density at radius 3 is 2.95 bits per heavy atom. The number of nitrogens with zero attached hydrogens (tertiary/aromatic N) is 3. The minimum absolute atomic E-state index is 0.0828. The van der Waals surface area contributed by atoms with E-state index in [0.717, 1.165) is 36.0 Å². The van der Waals surface area contributed by atoms with Crippen molar-refractivity contribution in [1.82, 2.24) is 14.5 Å². The average molecular weight is 360 g/mol. The van der Waals surface area contributed by atoms with Gasteiger partial charge in [0.2, 0.25) is 0 Å². The molecule has 0 saturated carbocycles. The van der Waals surface area contributed by atoms with Gasteiger partial charge in [-0.2, -0.15) is 4.98 Å². The Bertz CT molecular complexity index is 698. The minimum atomic E-state index is -0.209. The summed E-state index contributed by atoms with van der Waals surface area (Å²) in [6, 6.07) is 1.87. The largest absolute Gasteiger partial charge is 0.385 e. The summed E-state index contributed by atoms with van der Waals surface area (Å²) in [5.74, 6) is 0.431. The molecule has 20 heavy (non-hydrogen) atoms. The summed E-state index contributed by atoms with van der Waals surface area (Å²) >= 11 is 8.43. The van der Waals surface area contributed by atoms with Crippen LogP contribution in [0.4, 0.5) is 0 Å². The van der Waals surface area contributed by atoms with Gasteiger partial charge < -0.3 is 4.74 Å². The monoisotopic (exact) mass is 358 g/mol. The summed E-state index contributed by atoms with van der Waals surface area (Å²) in [6.45, 7) is 2.15. The maximum atomic E-state index is 12.3. The van der Waals surface area contributed by atoms with Gasteiger partial charge in [0.25, 0.3) is 0 Å². The van der Waals surface area contributed by atoms with Crippen molar-refractivity contribution in [2.45, 2.75) is 19.4 Å². The molecule has 0 N–H and O–H groups in total. The third-order valence-electron chi connectivity index (χ3n) is 3.52. The SMILES string of the molecule is O=c1c([ClH+])nc2ncc(Br)cc2n1CC1CCOCC1. The molecule has 0 unspecified atom stereocenters. The van der Waals surface area contributed by atoms with E-state index in [0.29, 0.717) is 18.1 Å². The quantitative estimate of drug-likeness (QED) is 0.818. The zero-order valence-corrected chi connectivity index (χ0v) is 13.1. The maximum absolute atomic E-state index is 12.3. The number of rotatable bonds is 2. The fourth-order valence-corrected chi connectivity index (χ4v) is 2.96. The third-order valence-corrected chi connectivity index (χ3v) is 4.22. The van der Waals surface area contributed by atoms with Gasteiger partial charge in [-0.1, -0.05) is 0 Å². The zero-order valence-electron chi connectivity index (χ0n) is 10.7. The fraction of sp³-hybridized carbons (Fsp3) is 0.462. The van der Waals surface area contributed by atoms with Crippen LogP contribution in [-0.2, 0) is 11.3 Å². The molecule has 1 aliphatic heterocycles. The first-order valence-corrected chi connectivity index (χ1v) is 7.66. The van der Waals surface area contributed by atoms with Gasteiger partial charge in [-0.25, -0.2) is 4.98 Å². The van der Waals surface area contributed by atoms with Crippen molar-refractivity contribution < 1.29 is 16.3 Å². The first kappa shape index (κ1) is 14.0. The molecule has 2 aromatic heterocycles. The van der Waals surface area contributed by atoms with E-state index >= 15 is 0 Å². The molecular weight excluding hydrogens is 346 g/mol. The van der Waals surface area contributed by atoms with Gasteiger partial charge in [0, 0.05) is 30.4 Å². The van der Waals surface area contributed by atoms with E-state index < -0.39 is 0 Å². The van der Waals surface area contributed by atoms with Crippen molar-refractivity contribution in [3.05, 3.63) is 32.2 Å². The second kappa shape index (κ2) is 5.79. The van der Waals surface area contributed by atoms with Crippen LogP contribution in [0.1, 0.15) is 12.8 Å². The molecule has 0 spiro atoms. The summed E-state index contributed by atoms with van der Waals surface area (Å²) in [4.78, 5) is 20.6. The van der Waals surface area contributed by atoms with Crippen LogP contribution in [-0.4, -0.2) is 27.7 Å². The molecule has 3 rings (SSSR count). The minimum Gasteiger partial charge on any atom is -0.381 e. The van der Waals surface area contributed by atoms with Gasteiger partial charge in [0.1, 0.15) is 0 Å². The van der Waals surface area contributed by atoms with Crippen LogP contribution in [0.15, 0.2) is 21.5 Å². The van der Waals surface area contributed by atoms with Crippen molar-refractivity contribution in [3.8, 4) is 0 Å². The Labute approximate surface area is 129 Å². The molecule has 2 aromatic rings. The Kier molecular flexibility index (Phi) is 4.05. The molecule has 0 bridgehead atoms. The number of halogens is 2. The zero-order chi connectivity index (χ0) is 14.1. The molecule has 0 aliphatic carbocycles. The highest BCUT2D eigenvalue weighted by molar-refractivity contribution is 9.10. The third kappa shape index (κ3) is 2.73. The van der Waals surface area contributed by atoms with E-state index in [1.807, 2.05) is 6.07 Å². The number of hydrogen-bond donors (Lipinski definition) is 0. The van der Waals surface area contributed by atoms with Crippen molar-refractivity contribution in [1.29, 1.82) is 0 Å². The highest BCUT2D eigenvalue weighted by Crippen LogP contribution is 2.20. The number of aromatic nitrogens is 3. The second-order valence-corrected chi connectivity index (χ2v) is 6.19. The van der Waals surface area contributed by atoms with Crippen LogP contribution < -0.4 is 5.56 Å². The molecule has 7 heteroatoms. The number of ether oxygens (including phenoxy) is 1. The van der Waals surface area contributed by atoms with E-state index in [-0.39, 0.29) is 10.7 Å². The normalized spacial score (nSPS) is 16.7. The van der Waals surface area contributed by atoms with Crippen LogP contribution in [0.3, 0.4) is 0 Å². The lowest BCUT2D eigenvalue weighted by Crippen LogP contribution is -2.29. The number of hydrogen-bond acceptors (Lipinski definition) is 4. The molecule has 0 atom stereocenters. The summed E-state index contributed by atoms with van der Waals surface area (Å²) in [5, 5.41) is 0.0828. The average Bonchev–Trinajstić information content (AvgIpc) is 2.46. The van der Waals surface area contributed by atoms with Crippen LogP contribution in [0, 0.1) is 17.5 Å². The lowest BCUT2D eigenvalue weighted by atomic mass is 10.0. The Balaban J connectivity index is 2.09.